The lowest BCUT2D eigenvalue weighted by atomic mass is 10.5. The van der Waals surface area contributed by atoms with Crippen LogP contribution in [-0.2, 0) is 0 Å². The van der Waals surface area contributed by atoms with Crippen molar-refractivity contribution in [2.24, 2.45) is 0 Å². The number of urea groups is 1. The van der Waals surface area contributed by atoms with Crippen LogP contribution in [0.3, 0.4) is 0 Å². The molecule has 0 radical (unpaired) electrons. The number of carbonyl (C=O) groups is 1. The van der Waals surface area contributed by atoms with E-state index < -0.39 is 0 Å². The second kappa shape index (κ2) is 4.71. The molecule has 1 aromatic rings. The number of amides is 2. The second-order valence-corrected chi connectivity index (χ2v) is 2.77. The van der Waals surface area contributed by atoms with Crippen molar-refractivity contribution in [2.75, 3.05) is 17.7 Å². The SMILES string of the molecule is Cc1cc(NC(=O)NCCCl)no1. The molecule has 1 heterocycles. The van der Waals surface area contributed by atoms with E-state index in [1.54, 1.807) is 13.0 Å². The minimum absolute atomic E-state index is 0.339. The molecule has 0 atom stereocenters. The van der Waals surface area contributed by atoms with Crippen LogP contribution in [0.1, 0.15) is 5.76 Å². The molecular formula is C7H10ClN3O2. The average Bonchev–Trinajstić information content (AvgIpc) is 2.48. The Balaban J connectivity index is 2.36. The Morgan fingerprint density at radius 2 is 2.54 bits per heavy atom. The Labute approximate surface area is 80.4 Å². The van der Waals surface area contributed by atoms with Gasteiger partial charge in [0.1, 0.15) is 5.76 Å². The molecule has 0 unspecified atom stereocenters. The first kappa shape index (κ1) is 9.85. The summed E-state index contributed by atoms with van der Waals surface area (Å²) in [5, 5.41) is 8.59. The van der Waals surface area contributed by atoms with Crippen LogP contribution in [0.4, 0.5) is 10.6 Å². The third kappa shape index (κ3) is 3.33. The largest absolute Gasteiger partial charge is 0.360 e. The summed E-state index contributed by atoms with van der Waals surface area (Å²) in [6, 6.07) is 1.29. The number of hydrogen-bond donors (Lipinski definition) is 2. The van der Waals surface area contributed by atoms with E-state index in [-0.39, 0.29) is 6.03 Å². The number of aromatic nitrogens is 1. The number of rotatable bonds is 3. The zero-order chi connectivity index (χ0) is 9.68. The lowest BCUT2D eigenvalue weighted by molar-refractivity contribution is 0.252. The number of anilines is 1. The van der Waals surface area contributed by atoms with Gasteiger partial charge in [0.2, 0.25) is 0 Å². The number of hydrogen-bond acceptors (Lipinski definition) is 3. The van der Waals surface area contributed by atoms with Crippen molar-refractivity contribution in [3.63, 3.8) is 0 Å². The highest BCUT2D eigenvalue weighted by atomic mass is 35.5. The highest BCUT2D eigenvalue weighted by Crippen LogP contribution is 2.05. The van der Waals surface area contributed by atoms with Crippen LogP contribution in [0, 0.1) is 6.92 Å². The van der Waals surface area contributed by atoms with E-state index in [4.69, 9.17) is 16.1 Å². The van der Waals surface area contributed by atoms with Crippen molar-refractivity contribution >= 4 is 23.4 Å². The van der Waals surface area contributed by atoms with Gasteiger partial charge in [0.25, 0.3) is 0 Å². The molecule has 13 heavy (non-hydrogen) atoms. The Bertz CT molecular complexity index is 287. The Morgan fingerprint density at radius 1 is 1.77 bits per heavy atom. The molecule has 0 aromatic carbocycles. The molecule has 0 saturated heterocycles. The summed E-state index contributed by atoms with van der Waals surface area (Å²) in [6.45, 7) is 2.17. The van der Waals surface area contributed by atoms with Crippen molar-refractivity contribution in [2.45, 2.75) is 6.92 Å². The summed E-state index contributed by atoms with van der Waals surface area (Å²) >= 11 is 5.38. The van der Waals surface area contributed by atoms with Crippen LogP contribution in [0.25, 0.3) is 0 Å². The van der Waals surface area contributed by atoms with Crippen molar-refractivity contribution in [1.82, 2.24) is 10.5 Å². The number of aryl methyl sites for hydroxylation is 1. The molecule has 1 aromatic heterocycles. The summed E-state index contributed by atoms with van der Waals surface area (Å²) in [5.74, 6) is 1.42. The maximum atomic E-state index is 11.0. The molecule has 2 N–H and O–H groups in total. The summed E-state index contributed by atoms with van der Waals surface area (Å²) in [5.41, 5.74) is 0. The quantitative estimate of drug-likeness (QED) is 0.729. The molecule has 5 nitrogen and oxygen atoms in total. The first-order valence-electron chi connectivity index (χ1n) is 3.76. The van der Waals surface area contributed by atoms with Gasteiger partial charge in [0, 0.05) is 18.5 Å². The van der Waals surface area contributed by atoms with E-state index in [0.29, 0.717) is 24.0 Å². The molecule has 72 valence electrons. The highest BCUT2D eigenvalue weighted by molar-refractivity contribution is 6.18. The van der Waals surface area contributed by atoms with Crippen LogP contribution in [0.5, 0.6) is 0 Å². The average molecular weight is 204 g/mol. The van der Waals surface area contributed by atoms with E-state index in [1.807, 2.05) is 0 Å². The van der Waals surface area contributed by atoms with E-state index in [9.17, 15) is 4.79 Å². The van der Waals surface area contributed by atoms with Gasteiger partial charge in [0.15, 0.2) is 5.82 Å². The summed E-state index contributed by atoms with van der Waals surface area (Å²) in [4.78, 5) is 11.0. The molecule has 0 saturated carbocycles. The highest BCUT2D eigenvalue weighted by Gasteiger charge is 2.03. The van der Waals surface area contributed by atoms with Crippen LogP contribution in [0.2, 0.25) is 0 Å². The van der Waals surface area contributed by atoms with Crippen LogP contribution >= 0.6 is 11.6 Å². The lowest BCUT2D eigenvalue weighted by Gasteiger charge is -2.01. The summed E-state index contributed by atoms with van der Waals surface area (Å²) in [6.07, 6.45) is 0. The predicted octanol–water partition coefficient (Wildman–Crippen LogP) is 1.34. The van der Waals surface area contributed by atoms with Crippen molar-refractivity contribution < 1.29 is 9.32 Å². The first-order chi connectivity index (χ1) is 6.22. The van der Waals surface area contributed by atoms with Gasteiger partial charge in [-0.2, -0.15) is 0 Å². The normalized spacial score (nSPS) is 9.69. The lowest BCUT2D eigenvalue weighted by Crippen LogP contribution is -2.30. The molecule has 0 fully saturated rings. The molecule has 6 heteroatoms. The number of halogens is 1. The van der Waals surface area contributed by atoms with E-state index in [2.05, 4.69) is 15.8 Å². The molecule has 0 spiro atoms. The van der Waals surface area contributed by atoms with E-state index >= 15 is 0 Å². The second-order valence-electron chi connectivity index (χ2n) is 2.39. The minimum Gasteiger partial charge on any atom is -0.360 e. The fourth-order valence-corrected chi connectivity index (χ4v) is 0.841. The van der Waals surface area contributed by atoms with E-state index in [1.165, 1.54) is 0 Å². The molecule has 1 rings (SSSR count). The summed E-state index contributed by atoms with van der Waals surface area (Å²) in [7, 11) is 0. The van der Waals surface area contributed by atoms with Gasteiger partial charge in [-0.15, -0.1) is 11.6 Å². The van der Waals surface area contributed by atoms with Crippen LogP contribution in [-0.4, -0.2) is 23.6 Å². The molecule has 0 aliphatic heterocycles. The molecule has 2 amide bonds. The van der Waals surface area contributed by atoms with Crippen molar-refractivity contribution in [1.29, 1.82) is 0 Å². The predicted molar refractivity (Wildman–Crippen MR) is 49.0 cm³/mol. The maximum absolute atomic E-state index is 11.0. The molecule has 0 aliphatic rings. The Kier molecular flexibility index (Phi) is 3.57. The van der Waals surface area contributed by atoms with Crippen molar-refractivity contribution in [3.05, 3.63) is 11.8 Å². The molecular weight excluding hydrogens is 194 g/mol. The van der Waals surface area contributed by atoms with Gasteiger partial charge < -0.3 is 9.84 Å². The van der Waals surface area contributed by atoms with Gasteiger partial charge in [-0.1, -0.05) is 5.16 Å². The number of carbonyl (C=O) groups excluding carboxylic acids is 1. The van der Waals surface area contributed by atoms with Crippen LogP contribution in [0.15, 0.2) is 10.6 Å². The zero-order valence-corrected chi connectivity index (χ0v) is 7.89. The fourth-order valence-electron chi connectivity index (χ4n) is 0.747. The van der Waals surface area contributed by atoms with Gasteiger partial charge in [-0.25, -0.2) is 4.79 Å². The Hall–Kier alpha value is -1.23. The van der Waals surface area contributed by atoms with Gasteiger partial charge in [0.05, 0.1) is 0 Å². The van der Waals surface area contributed by atoms with E-state index in [0.717, 1.165) is 0 Å². The van der Waals surface area contributed by atoms with Crippen LogP contribution < -0.4 is 10.6 Å². The zero-order valence-electron chi connectivity index (χ0n) is 7.13. The summed E-state index contributed by atoms with van der Waals surface area (Å²) < 4.78 is 4.75. The first-order valence-corrected chi connectivity index (χ1v) is 4.30. The molecule has 0 bridgehead atoms. The number of nitrogens with zero attached hydrogens (tertiary/aromatic N) is 1. The third-order valence-corrected chi connectivity index (χ3v) is 1.44. The third-order valence-electron chi connectivity index (χ3n) is 1.25. The topological polar surface area (TPSA) is 67.2 Å². The number of nitrogens with one attached hydrogen (secondary N) is 2. The van der Waals surface area contributed by atoms with Crippen molar-refractivity contribution in [3.8, 4) is 0 Å². The number of alkyl halides is 1. The standard InChI is InChI=1S/C7H10ClN3O2/c1-5-4-6(11-13-5)10-7(12)9-3-2-8/h4H,2-3H2,1H3,(H2,9,10,11,12). The minimum atomic E-state index is -0.339. The monoisotopic (exact) mass is 203 g/mol. The fraction of sp³-hybridized carbons (Fsp3) is 0.429. The smallest absolute Gasteiger partial charge is 0.320 e. The van der Waals surface area contributed by atoms with Gasteiger partial charge in [-0.3, -0.25) is 5.32 Å². The Morgan fingerprint density at radius 3 is 3.08 bits per heavy atom. The van der Waals surface area contributed by atoms with Gasteiger partial charge >= 0.3 is 6.03 Å². The maximum Gasteiger partial charge on any atom is 0.320 e. The molecule has 0 aliphatic carbocycles. The van der Waals surface area contributed by atoms with Gasteiger partial charge in [-0.05, 0) is 6.92 Å².